The molecule has 0 aliphatic carbocycles. The molecule has 1 saturated heterocycles. The first kappa shape index (κ1) is 22.3. The standard InChI is InChI=1S/C18H16BrClF2N4O4/c19-12-6-13(20)24-25-14(12)23-16(27)18(15(21)22)7-11(8-26(18)17(28)29)30-9-10-4-2-1-3-5-10/h1-6,11,15H,7-9H2,(H,28,29)(H,23,25,27)/t11-,18?/m1/s1. The van der Waals surface area contributed by atoms with Gasteiger partial charge in [0.1, 0.15) is 0 Å². The number of carboxylic acid groups (broad SMARTS) is 1. The number of alkyl halides is 2. The molecule has 160 valence electrons. The average molecular weight is 506 g/mol. The van der Waals surface area contributed by atoms with Crippen molar-refractivity contribution in [2.75, 3.05) is 11.9 Å². The van der Waals surface area contributed by atoms with Gasteiger partial charge in [-0.3, -0.25) is 9.69 Å². The monoisotopic (exact) mass is 504 g/mol. The van der Waals surface area contributed by atoms with Crippen molar-refractivity contribution in [3.8, 4) is 0 Å². The molecular formula is C18H16BrClF2N4O4. The van der Waals surface area contributed by atoms with E-state index in [0.717, 1.165) is 5.56 Å². The number of anilines is 1. The molecule has 2 amide bonds. The zero-order valence-corrected chi connectivity index (χ0v) is 17.6. The van der Waals surface area contributed by atoms with E-state index in [1.807, 2.05) is 6.07 Å². The second-order valence-corrected chi connectivity index (χ2v) is 7.80. The lowest BCUT2D eigenvalue weighted by molar-refractivity contribution is -0.135. The Kier molecular flexibility index (Phi) is 6.84. The maximum atomic E-state index is 14.2. The quantitative estimate of drug-likeness (QED) is 0.619. The number of rotatable bonds is 6. The number of nitrogens with zero attached hydrogens (tertiary/aromatic N) is 3. The molecule has 1 aromatic heterocycles. The lowest BCUT2D eigenvalue weighted by Gasteiger charge is -2.33. The summed E-state index contributed by atoms with van der Waals surface area (Å²) in [5.74, 6) is -1.40. The Morgan fingerprint density at radius 3 is 2.67 bits per heavy atom. The van der Waals surface area contributed by atoms with E-state index in [0.29, 0.717) is 4.90 Å². The molecule has 30 heavy (non-hydrogen) atoms. The van der Waals surface area contributed by atoms with Gasteiger partial charge in [-0.1, -0.05) is 41.9 Å². The molecule has 0 saturated carbocycles. The highest BCUT2D eigenvalue weighted by molar-refractivity contribution is 9.10. The highest BCUT2D eigenvalue weighted by Crippen LogP contribution is 2.38. The zero-order valence-electron chi connectivity index (χ0n) is 15.3. The molecule has 0 bridgehead atoms. The molecule has 2 heterocycles. The molecule has 2 N–H and O–H groups in total. The van der Waals surface area contributed by atoms with Gasteiger partial charge in [0, 0.05) is 6.42 Å². The fraction of sp³-hybridized carbons (Fsp3) is 0.333. The molecule has 1 aromatic carbocycles. The van der Waals surface area contributed by atoms with Crippen LogP contribution in [0, 0.1) is 0 Å². The van der Waals surface area contributed by atoms with Gasteiger partial charge < -0.3 is 15.2 Å². The van der Waals surface area contributed by atoms with Gasteiger partial charge >= 0.3 is 6.09 Å². The van der Waals surface area contributed by atoms with Crippen molar-refractivity contribution >= 4 is 45.3 Å². The number of hydrogen-bond acceptors (Lipinski definition) is 5. The largest absolute Gasteiger partial charge is 0.465 e. The second-order valence-electron chi connectivity index (χ2n) is 6.56. The third-order valence-corrected chi connectivity index (χ3v) is 5.46. The lowest BCUT2D eigenvalue weighted by Crippen LogP contribution is -2.59. The number of aromatic nitrogens is 2. The third kappa shape index (κ3) is 4.52. The minimum Gasteiger partial charge on any atom is -0.465 e. The number of amides is 2. The average Bonchev–Trinajstić information content (AvgIpc) is 3.11. The van der Waals surface area contributed by atoms with Crippen LogP contribution >= 0.6 is 27.5 Å². The van der Waals surface area contributed by atoms with Crippen LogP contribution in [-0.2, 0) is 16.1 Å². The molecular weight excluding hydrogens is 490 g/mol. The topological polar surface area (TPSA) is 105 Å². The predicted molar refractivity (Wildman–Crippen MR) is 106 cm³/mol. The molecule has 1 unspecified atom stereocenters. The van der Waals surface area contributed by atoms with Gasteiger partial charge in [0.15, 0.2) is 16.5 Å². The number of hydrogen-bond donors (Lipinski definition) is 2. The van der Waals surface area contributed by atoms with E-state index in [-0.39, 0.29) is 28.6 Å². The van der Waals surface area contributed by atoms with Crippen molar-refractivity contribution in [1.29, 1.82) is 0 Å². The van der Waals surface area contributed by atoms with Gasteiger partial charge in [0.25, 0.3) is 12.3 Å². The molecule has 2 aromatic rings. The van der Waals surface area contributed by atoms with Gasteiger partial charge in [-0.05, 0) is 27.6 Å². The maximum absolute atomic E-state index is 14.2. The van der Waals surface area contributed by atoms with Crippen molar-refractivity contribution in [2.45, 2.75) is 31.1 Å². The van der Waals surface area contributed by atoms with E-state index in [9.17, 15) is 23.5 Å². The fourth-order valence-electron chi connectivity index (χ4n) is 3.21. The minimum absolute atomic E-state index is 0.0193. The number of halogens is 4. The predicted octanol–water partition coefficient (Wildman–Crippen LogP) is 3.80. The van der Waals surface area contributed by atoms with Gasteiger partial charge in [-0.25, -0.2) is 13.6 Å². The van der Waals surface area contributed by atoms with Gasteiger partial charge in [-0.2, -0.15) is 0 Å². The van der Waals surface area contributed by atoms with Crippen LogP contribution in [0.3, 0.4) is 0 Å². The number of benzene rings is 1. The minimum atomic E-state index is -3.31. The summed E-state index contributed by atoms with van der Waals surface area (Å²) in [5, 5.41) is 18.9. The number of carbonyl (C=O) groups excluding carboxylic acids is 1. The van der Waals surface area contributed by atoms with Crippen LogP contribution in [0.1, 0.15) is 12.0 Å². The van der Waals surface area contributed by atoms with Crippen LogP contribution in [0.5, 0.6) is 0 Å². The van der Waals surface area contributed by atoms with Crippen LogP contribution in [0.2, 0.25) is 5.15 Å². The van der Waals surface area contributed by atoms with Gasteiger partial charge in [0.2, 0.25) is 0 Å². The van der Waals surface area contributed by atoms with Crippen LogP contribution < -0.4 is 5.32 Å². The molecule has 2 atom stereocenters. The maximum Gasteiger partial charge on any atom is 0.408 e. The van der Waals surface area contributed by atoms with E-state index < -0.39 is 36.5 Å². The van der Waals surface area contributed by atoms with Crippen LogP contribution in [0.25, 0.3) is 0 Å². The summed E-state index contributed by atoms with van der Waals surface area (Å²) in [4.78, 5) is 25.0. The summed E-state index contributed by atoms with van der Waals surface area (Å²) in [6.07, 6.45) is -6.38. The molecule has 0 radical (unpaired) electrons. The van der Waals surface area contributed by atoms with E-state index in [2.05, 4.69) is 31.4 Å². The fourth-order valence-corrected chi connectivity index (χ4v) is 3.88. The van der Waals surface area contributed by atoms with E-state index >= 15 is 0 Å². The Labute approximate surface area is 183 Å². The summed E-state index contributed by atoms with van der Waals surface area (Å²) >= 11 is 8.79. The highest BCUT2D eigenvalue weighted by atomic mass is 79.9. The third-order valence-electron chi connectivity index (χ3n) is 4.67. The molecule has 0 spiro atoms. The summed E-state index contributed by atoms with van der Waals surface area (Å²) in [5.41, 5.74) is -1.85. The zero-order chi connectivity index (χ0) is 21.9. The van der Waals surface area contributed by atoms with E-state index in [1.165, 1.54) is 6.07 Å². The molecule has 12 heteroatoms. The molecule has 1 fully saturated rings. The van der Waals surface area contributed by atoms with Crippen LogP contribution in [0.4, 0.5) is 19.4 Å². The number of ether oxygens (including phenoxy) is 1. The van der Waals surface area contributed by atoms with E-state index in [1.54, 1.807) is 24.3 Å². The smallest absolute Gasteiger partial charge is 0.408 e. The summed E-state index contributed by atoms with van der Waals surface area (Å²) in [6.45, 7) is -0.290. The van der Waals surface area contributed by atoms with Gasteiger partial charge in [-0.15, -0.1) is 10.2 Å². The Balaban J connectivity index is 1.83. The second kappa shape index (κ2) is 9.19. The van der Waals surface area contributed by atoms with Crippen molar-refractivity contribution in [2.24, 2.45) is 0 Å². The Bertz CT molecular complexity index is 940. The normalized spacial score (nSPS) is 21.1. The molecule has 1 aliphatic rings. The SMILES string of the molecule is O=C(O)N1C[C@H](OCc2ccccc2)CC1(C(=O)Nc1nnc(Cl)cc1Br)C(F)F. The molecule has 3 rings (SSSR count). The Morgan fingerprint density at radius 2 is 2.07 bits per heavy atom. The summed E-state index contributed by atoms with van der Waals surface area (Å²) in [7, 11) is 0. The van der Waals surface area contributed by atoms with Crippen molar-refractivity contribution in [1.82, 2.24) is 15.1 Å². The van der Waals surface area contributed by atoms with Crippen LogP contribution in [-0.4, -0.2) is 56.8 Å². The lowest BCUT2D eigenvalue weighted by atomic mass is 9.94. The number of nitrogens with one attached hydrogen (secondary N) is 1. The Hall–Kier alpha value is -2.37. The first-order valence-corrected chi connectivity index (χ1v) is 9.85. The molecule has 1 aliphatic heterocycles. The van der Waals surface area contributed by atoms with Gasteiger partial charge in [0.05, 0.1) is 23.7 Å². The highest BCUT2D eigenvalue weighted by Gasteiger charge is 2.60. The Morgan fingerprint density at radius 1 is 1.37 bits per heavy atom. The first-order valence-electron chi connectivity index (χ1n) is 8.68. The number of likely N-dealkylation sites (tertiary alicyclic amines) is 1. The van der Waals surface area contributed by atoms with E-state index in [4.69, 9.17) is 16.3 Å². The van der Waals surface area contributed by atoms with Crippen molar-refractivity contribution in [3.05, 3.63) is 51.6 Å². The molecule has 8 nitrogen and oxygen atoms in total. The summed E-state index contributed by atoms with van der Waals surface area (Å²) < 4.78 is 34.2. The number of carbonyl (C=O) groups is 2. The van der Waals surface area contributed by atoms with Crippen LogP contribution in [0.15, 0.2) is 40.9 Å². The van der Waals surface area contributed by atoms with Crippen molar-refractivity contribution in [3.63, 3.8) is 0 Å². The summed E-state index contributed by atoms with van der Waals surface area (Å²) in [6, 6.07) is 10.3. The van der Waals surface area contributed by atoms with Crippen molar-refractivity contribution < 1.29 is 28.2 Å². The first-order chi connectivity index (χ1) is 14.2.